The zero-order valence-electron chi connectivity index (χ0n) is 20.3. The number of anilines is 2. The minimum absolute atomic E-state index is 0.000240. The highest BCUT2D eigenvalue weighted by molar-refractivity contribution is 5.73. The third-order valence-corrected chi connectivity index (χ3v) is 4.87. The fourth-order valence-electron chi connectivity index (χ4n) is 3.19. The van der Waals surface area contributed by atoms with Crippen LogP contribution in [0, 0.1) is 0 Å². The summed E-state index contributed by atoms with van der Waals surface area (Å²) in [6.07, 6.45) is 2.74. The van der Waals surface area contributed by atoms with Gasteiger partial charge in [0.2, 0.25) is 11.9 Å². The van der Waals surface area contributed by atoms with E-state index in [0.29, 0.717) is 0 Å². The first-order chi connectivity index (χ1) is 18.8. The molecule has 0 atom stereocenters. The van der Waals surface area contributed by atoms with Crippen LogP contribution in [0.4, 0.5) is 11.9 Å². The van der Waals surface area contributed by atoms with Crippen LogP contribution in [0.2, 0.25) is 0 Å². The zero-order chi connectivity index (χ0) is 27.8. The van der Waals surface area contributed by atoms with Gasteiger partial charge in [-0.2, -0.15) is 9.97 Å². The number of carbonyl (C=O) groups excluding carboxylic acids is 2. The molecule has 0 saturated carbocycles. The molecule has 19 nitrogen and oxygen atoms in total. The van der Waals surface area contributed by atoms with Crippen LogP contribution in [0.1, 0.15) is 0 Å². The number of imidazole rings is 2. The number of nitrogen functional groups attached to an aromatic ring is 2. The lowest BCUT2D eigenvalue weighted by Crippen LogP contribution is -2.21. The Balaban J connectivity index is 1.03. The number of aromatic amines is 2. The van der Waals surface area contributed by atoms with Crippen molar-refractivity contribution >= 4 is 46.2 Å². The minimum atomic E-state index is -0.704. The molecular formula is C20H24N10O9. The van der Waals surface area contributed by atoms with Gasteiger partial charge in [0.15, 0.2) is 22.3 Å². The maximum atomic E-state index is 11.8. The van der Waals surface area contributed by atoms with E-state index in [1.165, 1.54) is 21.8 Å². The van der Waals surface area contributed by atoms with E-state index in [0.717, 1.165) is 0 Å². The summed E-state index contributed by atoms with van der Waals surface area (Å²) < 4.78 is 28.5. The number of ether oxygens (including phenoxy) is 5. The third-order valence-electron chi connectivity index (χ3n) is 4.87. The van der Waals surface area contributed by atoms with Crippen LogP contribution in [0.5, 0.6) is 0 Å². The molecule has 6 N–H and O–H groups in total. The molecule has 4 aromatic rings. The Morgan fingerprint density at radius 3 is 1.59 bits per heavy atom. The summed E-state index contributed by atoms with van der Waals surface area (Å²) >= 11 is 0. The molecule has 0 saturated heterocycles. The number of nitrogens with one attached hydrogen (secondary N) is 2. The van der Waals surface area contributed by atoms with E-state index >= 15 is 0 Å². The molecule has 0 amide bonds. The van der Waals surface area contributed by atoms with Gasteiger partial charge in [0.25, 0.3) is 11.1 Å². The lowest BCUT2D eigenvalue weighted by Gasteiger charge is -2.08. The molecule has 4 heterocycles. The molecule has 19 heteroatoms. The summed E-state index contributed by atoms with van der Waals surface area (Å²) in [6.45, 7) is -0.993. The standard InChI is InChI=1S/C20H24N10O9/c21-19-25-15-13(17(33)27-19)23-7-29(15)9-35-1-3-38-11(31)5-37-6-12(32)39-4-2-36-10-30-8-24-14-16(30)26-20(22)28-18(14)34/h7-8H,1-6,9-10H2,(H3,21,25,27,33)(H3,22,26,28,34). The second kappa shape index (κ2) is 12.6. The van der Waals surface area contributed by atoms with Crippen LogP contribution < -0.4 is 22.6 Å². The Labute approximate surface area is 217 Å². The molecule has 208 valence electrons. The van der Waals surface area contributed by atoms with Gasteiger partial charge in [-0.3, -0.25) is 28.7 Å². The fraction of sp³-hybridized carbons (Fsp3) is 0.400. The van der Waals surface area contributed by atoms with Gasteiger partial charge in [-0.15, -0.1) is 0 Å². The first-order valence-electron chi connectivity index (χ1n) is 11.3. The van der Waals surface area contributed by atoms with Crippen molar-refractivity contribution in [2.24, 2.45) is 0 Å². The predicted octanol–water partition coefficient (Wildman–Crippen LogP) is -2.53. The molecule has 0 spiro atoms. The number of aromatic nitrogens is 8. The van der Waals surface area contributed by atoms with Gasteiger partial charge in [-0.1, -0.05) is 0 Å². The monoisotopic (exact) mass is 548 g/mol. The number of nitrogens with zero attached hydrogens (tertiary/aromatic N) is 6. The van der Waals surface area contributed by atoms with E-state index in [-0.39, 0.29) is 74.1 Å². The molecule has 0 radical (unpaired) electrons. The fourth-order valence-corrected chi connectivity index (χ4v) is 3.19. The van der Waals surface area contributed by atoms with Crippen molar-refractivity contribution < 1.29 is 33.3 Å². The molecule has 0 unspecified atom stereocenters. The highest BCUT2D eigenvalue weighted by atomic mass is 16.6. The van der Waals surface area contributed by atoms with Crippen molar-refractivity contribution in [3.8, 4) is 0 Å². The normalized spacial score (nSPS) is 11.3. The molecule has 39 heavy (non-hydrogen) atoms. The predicted molar refractivity (Wildman–Crippen MR) is 130 cm³/mol. The lowest BCUT2D eigenvalue weighted by atomic mass is 10.5. The van der Waals surface area contributed by atoms with E-state index in [2.05, 4.69) is 29.9 Å². The molecule has 0 aliphatic heterocycles. The molecule has 0 aliphatic carbocycles. The first-order valence-corrected chi connectivity index (χ1v) is 11.3. The van der Waals surface area contributed by atoms with Crippen molar-refractivity contribution in [2.45, 2.75) is 13.5 Å². The molecule has 0 bridgehead atoms. The van der Waals surface area contributed by atoms with Gasteiger partial charge in [0.05, 0.1) is 25.9 Å². The maximum Gasteiger partial charge on any atom is 0.332 e. The molecule has 4 aromatic heterocycles. The number of hydrogen-bond donors (Lipinski definition) is 4. The SMILES string of the molecule is Nc1nc2c(ncn2COCCOC(=O)COCC(=O)OCCOCn2cnc3c(=O)[nH]c(N)nc32)c(=O)[nH]1. The average molecular weight is 548 g/mol. The summed E-state index contributed by atoms with van der Waals surface area (Å²) in [5.74, 6) is -1.51. The summed E-state index contributed by atoms with van der Waals surface area (Å²) in [4.78, 5) is 67.5. The highest BCUT2D eigenvalue weighted by Gasteiger charge is 2.11. The van der Waals surface area contributed by atoms with Gasteiger partial charge < -0.3 is 35.2 Å². The van der Waals surface area contributed by atoms with E-state index in [1.54, 1.807) is 0 Å². The number of fused-ring (bicyclic) bond motifs is 2. The van der Waals surface area contributed by atoms with E-state index in [4.69, 9.17) is 35.2 Å². The minimum Gasteiger partial charge on any atom is -0.462 e. The van der Waals surface area contributed by atoms with Crippen molar-refractivity contribution in [3.05, 3.63) is 33.4 Å². The Morgan fingerprint density at radius 2 is 1.15 bits per heavy atom. The van der Waals surface area contributed by atoms with E-state index < -0.39 is 36.3 Å². The van der Waals surface area contributed by atoms with Gasteiger partial charge in [0, 0.05) is 0 Å². The largest absolute Gasteiger partial charge is 0.462 e. The lowest BCUT2D eigenvalue weighted by molar-refractivity contribution is -0.157. The first kappa shape index (κ1) is 27.2. The van der Waals surface area contributed by atoms with Gasteiger partial charge in [0.1, 0.15) is 39.9 Å². The highest BCUT2D eigenvalue weighted by Crippen LogP contribution is 2.07. The molecule has 0 aliphatic rings. The Morgan fingerprint density at radius 1 is 0.718 bits per heavy atom. The van der Waals surface area contributed by atoms with Crippen LogP contribution in [0.3, 0.4) is 0 Å². The summed E-state index contributed by atoms with van der Waals surface area (Å²) in [5.41, 5.74) is 10.9. The topological polar surface area (TPSA) is 259 Å². The average Bonchev–Trinajstić information content (AvgIpc) is 3.48. The molecular weight excluding hydrogens is 524 g/mol. The van der Waals surface area contributed by atoms with Crippen molar-refractivity contribution in [1.82, 2.24) is 39.0 Å². The number of rotatable bonds is 14. The second-order valence-electron chi connectivity index (χ2n) is 7.68. The van der Waals surface area contributed by atoms with Crippen LogP contribution in [-0.2, 0) is 46.7 Å². The Kier molecular flexibility index (Phi) is 8.76. The quantitative estimate of drug-likeness (QED) is 0.0935. The third kappa shape index (κ3) is 7.12. The van der Waals surface area contributed by atoms with Crippen LogP contribution in [0.25, 0.3) is 22.3 Å². The Hall–Kier alpha value is -4.88. The van der Waals surface area contributed by atoms with Crippen LogP contribution in [-0.4, -0.2) is 90.6 Å². The zero-order valence-corrected chi connectivity index (χ0v) is 20.3. The smallest absolute Gasteiger partial charge is 0.332 e. The van der Waals surface area contributed by atoms with Crippen molar-refractivity contribution in [1.29, 1.82) is 0 Å². The van der Waals surface area contributed by atoms with Crippen LogP contribution in [0.15, 0.2) is 22.2 Å². The van der Waals surface area contributed by atoms with E-state index in [1.807, 2.05) is 0 Å². The van der Waals surface area contributed by atoms with Gasteiger partial charge >= 0.3 is 11.9 Å². The Bertz CT molecular complexity index is 1460. The molecule has 4 rings (SSSR count). The summed E-state index contributed by atoms with van der Waals surface area (Å²) in [7, 11) is 0. The van der Waals surface area contributed by atoms with Crippen LogP contribution >= 0.6 is 0 Å². The number of nitrogens with two attached hydrogens (primary N) is 2. The maximum absolute atomic E-state index is 11.8. The number of H-pyrrole nitrogens is 2. The second-order valence-corrected chi connectivity index (χ2v) is 7.68. The number of esters is 2. The molecule has 0 fully saturated rings. The summed E-state index contributed by atoms with van der Waals surface area (Å²) in [6, 6.07) is 0. The van der Waals surface area contributed by atoms with Gasteiger partial charge in [-0.05, 0) is 0 Å². The van der Waals surface area contributed by atoms with Crippen molar-refractivity contribution in [3.63, 3.8) is 0 Å². The number of hydrogen-bond acceptors (Lipinski definition) is 15. The van der Waals surface area contributed by atoms with Crippen molar-refractivity contribution in [2.75, 3.05) is 51.1 Å². The molecule has 0 aromatic carbocycles. The van der Waals surface area contributed by atoms with E-state index in [9.17, 15) is 19.2 Å². The number of carbonyl (C=O) groups is 2. The summed E-state index contributed by atoms with van der Waals surface area (Å²) in [5, 5.41) is 0. The van der Waals surface area contributed by atoms with Gasteiger partial charge in [-0.25, -0.2) is 19.6 Å².